The Labute approximate surface area is 177 Å². The van der Waals surface area contributed by atoms with Gasteiger partial charge in [-0.15, -0.1) is 0 Å². The van der Waals surface area contributed by atoms with E-state index < -0.39 is 11.8 Å². The van der Waals surface area contributed by atoms with Gasteiger partial charge in [0.25, 0.3) is 0 Å². The SMILES string of the molecule is CCOC(=O)/C(F)=C/c1cnc(N[C@@H]2CCCN(CC3CCCCC3)C2)c(Cl)c1. The van der Waals surface area contributed by atoms with Crippen molar-refractivity contribution in [1.82, 2.24) is 9.88 Å². The van der Waals surface area contributed by atoms with Crippen LogP contribution in [0.5, 0.6) is 0 Å². The topological polar surface area (TPSA) is 54.5 Å². The molecule has 0 radical (unpaired) electrons. The Morgan fingerprint density at radius 3 is 2.86 bits per heavy atom. The highest BCUT2D eigenvalue weighted by Crippen LogP contribution is 2.27. The average Bonchev–Trinajstić information content (AvgIpc) is 2.71. The van der Waals surface area contributed by atoms with Gasteiger partial charge in [0.05, 0.1) is 11.6 Å². The molecule has 0 amide bonds. The number of carbonyl (C=O) groups excluding carboxylic acids is 1. The van der Waals surface area contributed by atoms with Crippen LogP contribution in [0.2, 0.25) is 5.02 Å². The van der Waals surface area contributed by atoms with Crippen LogP contribution in [0.4, 0.5) is 10.2 Å². The van der Waals surface area contributed by atoms with Crippen LogP contribution >= 0.6 is 11.6 Å². The molecule has 0 aromatic carbocycles. The fourth-order valence-electron chi connectivity index (χ4n) is 4.31. The first kappa shape index (κ1) is 22.0. The molecule has 160 valence electrons. The number of pyridine rings is 1. The second kappa shape index (κ2) is 10.9. The van der Waals surface area contributed by atoms with E-state index in [4.69, 9.17) is 11.6 Å². The number of ether oxygens (including phenoxy) is 1. The highest BCUT2D eigenvalue weighted by molar-refractivity contribution is 6.33. The Hall–Kier alpha value is -1.66. The molecule has 2 aliphatic rings. The molecular weight excluding hydrogens is 393 g/mol. The second-order valence-corrected chi connectivity index (χ2v) is 8.47. The maximum absolute atomic E-state index is 13.8. The van der Waals surface area contributed by atoms with Crippen LogP contribution in [-0.2, 0) is 9.53 Å². The molecule has 3 rings (SSSR count). The molecule has 2 fully saturated rings. The van der Waals surface area contributed by atoms with Crippen molar-refractivity contribution < 1.29 is 13.9 Å². The zero-order valence-corrected chi connectivity index (χ0v) is 17.9. The van der Waals surface area contributed by atoms with Gasteiger partial charge in [0.2, 0.25) is 5.83 Å². The van der Waals surface area contributed by atoms with Crippen molar-refractivity contribution in [2.75, 3.05) is 31.6 Å². The molecule has 7 heteroatoms. The average molecular weight is 424 g/mol. The summed E-state index contributed by atoms with van der Waals surface area (Å²) in [6.45, 7) is 5.10. The third-order valence-corrected chi connectivity index (χ3v) is 6.00. The minimum atomic E-state index is -0.980. The number of nitrogens with zero attached hydrogens (tertiary/aromatic N) is 2. The van der Waals surface area contributed by atoms with Crippen molar-refractivity contribution in [1.29, 1.82) is 0 Å². The Balaban J connectivity index is 1.56. The maximum atomic E-state index is 13.8. The van der Waals surface area contributed by atoms with E-state index in [0.29, 0.717) is 22.4 Å². The van der Waals surface area contributed by atoms with Crippen molar-refractivity contribution in [3.8, 4) is 0 Å². The Morgan fingerprint density at radius 2 is 2.14 bits per heavy atom. The molecule has 1 N–H and O–H groups in total. The molecule has 1 saturated heterocycles. The number of carbonyl (C=O) groups is 1. The van der Waals surface area contributed by atoms with Gasteiger partial charge in [0, 0.05) is 25.3 Å². The van der Waals surface area contributed by atoms with Crippen LogP contribution in [0.15, 0.2) is 18.1 Å². The summed E-state index contributed by atoms with van der Waals surface area (Å²) in [5, 5.41) is 3.87. The van der Waals surface area contributed by atoms with E-state index in [1.807, 2.05) is 0 Å². The van der Waals surface area contributed by atoms with E-state index in [1.54, 1.807) is 13.0 Å². The lowest BCUT2D eigenvalue weighted by Crippen LogP contribution is -2.44. The molecule has 1 aliphatic heterocycles. The first-order valence-electron chi connectivity index (χ1n) is 10.7. The van der Waals surface area contributed by atoms with Gasteiger partial charge in [-0.25, -0.2) is 9.78 Å². The van der Waals surface area contributed by atoms with E-state index in [0.717, 1.165) is 37.9 Å². The van der Waals surface area contributed by atoms with Crippen molar-refractivity contribution >= 4 is 29.5 Å². The molecule has 1 aromatic rings. The number of aromatic nitrogens is 1. The predicted molar refractivity (Wildman–Crippen MR) is 115 cm³/mol. The minimum absolute atomic E-state index is 0.126. The largest absolute Gasteiger partial charge is 0.461 e. The first-order chi connectivity index (χ1) is 14.0. The molecule has 0 bridgehead atoms. The number of likely N-dealkylation sites (tertiary alicyclic amines) is 1. The third-order valence-electron chi connectivity index (χ3n) is 5.71. The molecule has 0 unspecified atom stereocenters. The summed E-state index contributed by atoms with van der Waals surface area (Å²) >= 11 is 6.36. The van der Waals surface area contributed by atoms with E-state index in [-0.39, 0.29) is 6.61 Å². The van der Waals surface area contributed by atoms with Gasteiger partial charge in [-0.3, -0.25) is 0 Å². The Morgan fingerprint density at radius 1 is 1.34 bits per heavy atom. The summed E-state index contributed by atoms with van der Waals surface area (Å²) in [6.07, 6.45) is 11.7. The lowest BCUT2D eigenvalue weighted by Gasteiger charge is -2.36. The van der Waals surface area contributed by atoms with Gasteiger partial charge in [-0.2, -0.15) is 4.39 Å². The summed E-state index contributed by atoms with van der Waals surface area (Å²) in [4.78, 5) is 18.3. The number of esters is 1. The van der Waals surface area contributed by atoms with Crippen molar-refractivity contribution in [2.24, 2.45) is 5.92 Å². The van der Waals surface area contributed by atoms with Crippen LogP contribution in [-0.4, -0.2) is 48.1 Å². The van der Waals surface area contributed by atoms with Gasteiger partial charge in [-0.1, -0.05) is 30.9 Å². The molecule has 1 atom stereocenters. The Kier molecular flexibility index (Phi) is 8.30. The standard InChI is InChI=1S/C22H31ClFN3O2/c1-2-29-22(28)20(24)12-17-11-19(23)21(25-13-17)26-18-9-6-10-27(15-18)14-16-7-4-3-5-8-16/h11-13,16,18H,2-10,14-15H2,1H3,(H,25,26)/b20-12-/t18-/m1/s1. The number of halogens is 2. The normalized spacial score (nSPS) is 21.8. The number of rotatable bonds is 7. The van der Waals surface area contributed by atoms with Crippen LogP contribution < -0.4 is 5.32 Å². The van der Waals surface area contributed by atoms with Crippen molar-refractivity contribution in [2.45, 2.75) is 57.9 Å². The van der Waals surface area contributed by atoms with Gasteiger partial charge in [0.15, 0.2) is 0 Å². The van der Waals surface area contributed by atoms with Crippen molar-refractivity contribution in [3.63, 3.8) is 0 Å². The summed E-state index contributed by atoms with van der Waals surface area (Å²) < 4.78 is 18.4. The van der Waals surface area contributed by atoms with E-state index in [2.05, 4.69) is 19.9 Å². The van der Waals surface area contributed by atoms with E-state index >= 15 is 0 Å². The smallest absolute Gasteiger partial charge is 0.367 e. The monoisotopic (exact) mass is 423 g/mol. The number of hydrogen-bond donors (Lipinski definition) is 1. The van der Waals surface area contributed by atoms with E-state index in [1.165, 1.54) is 44.8 Å². The minimum Gasteiger partial charge on any atom is -0.461 e. The van der Waals surface area contributed by atoms with Gasteiger partial charge >= 0.3 is 5.97 Å². The quantitative estimate of drug-likeness (QED) is 0.490. The second-order valence-electron chi connectivity index (χ2n) is 8.06. The highest BCUT2D eigenvalue weighted by Gasteiger charge is 2.24. The fourth-order valence-corrected chi connectivity index (χ4v) is 4.54. The summed E-state index contributed by atoms with van der Waals surface area (Å²) in [5.41, 5.74) is 0.425. The van der Waals surface area contributed by atoms with Gasteiger partial charge in [0.1, 0.15) is 5.82 Å². The number of nitrogens with one attached hydrogen (secondary N) is 1. The number of hydrogen-bond acceptors (Lipinski definition) is 5. The van der Waals surface area contributed by atoms with Crippen LogP contribution in [0, 0.1) is 5.92 Å². The van der Waals surface area contributed by atoms with Crippen LogP contribution in [0.3, 0.4) is 0 Å². The van der Waals surface area contributed by atoms with E-state index in [9.17, 15) is 9.18 Å². The molecule has 1 aromatic heterocycles. The highest BCUT2D eigenvalue weighted by atomic mass is 35.5. The van der Waals surface area contributed by atoms with Gasteiger partial charge in [-0.05, 0) is 62.8 Å². The lowest BCUT2D eigenvalue weighted by atomic mass is 9.88. The molecule has 2 heterocycles. The van der Waals surface area contributed by atoms with Crippen LogP contribution in [0.1, 0.15) is 57.4 Å². The zero-order valence-electron chi connectivity index (χ0n) is 17.1. The molecule has 1 aliphatic carbocycles. The molecular formula is C22H31ClFN3O2. The lowest BCUT2D eigenvalue weighted by molar-refractivity contribution is -0.140. The molecule has 0 spiro atoms. The molecule has 29 heavy (non-hydrogen) atoms. The number of anilines is 1. The number of piperidine rings is 1. The fraction of sp³-hybridized carbons (Fsp3) is 0.636. The summed E-state index contributed by atoms with van der Waals surface area (Å²) in [7, 11) is 0. The predicted octanol–water partition coefficient (Wildman–Crippen LogP) is 5.07. The molecule has 1 saturated carbocycles. The zero-order chi connectivity index (χ0) is 20.6. The summed E-state index contributed by atoms with van der Waals surface area (Å²) in [6, 6.07) is 1.91. The third kappa shape index (κ3) is 6.68. The van der Waals surface area contributed by atoms with Crippen molar-refractivity contribution in [3.05, 3.63) is 28.7 Å². The summed E-state index contributed by atoms with van der Waals surface area (Å²) in [5.74, 6) is -0.503. The Bertz CT molecular complexity index is 722. The van der Waals surface area contributed by atoms with Gasteiger partial charge < -0.3 is 15.0 Å². The maximum Gasteiger partial charge on any atom is 0.367 e. The molecule has 5 nitrogen and oxygen atoms in total. The first-order valence-corrected chi connectivity index (χ1v) is 11.1. The van der Waals surface area contributed by atoms with Crippen LogP contribution in [0.25, 0.3) is 6.08 Å².